The molecule has 2 heterocycles. The Bertz CT molecular complexity index is 967. The number of ether oxygens (including phenoxy) is 1. The second-order valence-electron chi connectivity index (χ2n) is 13.1. The van der Waals surface area contributed by atoms with Crippen LogP contribution in [-0.4, -0.2) is 0 Å². The summed E-state index contributed by atoms with van der Waals surface area (Å²) in [6.45, 7) is 26.5. The van der Waals surface area contributed by atoms with Gasteiger partial charge in [-0.3, -0.25) is 0 Å². The molecule has 0 bridgehead atoms. The Morgan fingerprint density at radius 3 is 1.82 bits per heavy atom. The molecule has 2 heteroatoms. The van der Waals surface area contributed by atoms with Crippen LogP contribution in [0.3, 0.4) is 0 Å². The van der Waals surface area contributed by atoms with Crippen LogP contribution in [0.15, 0.2) is 70.1 Å². The second-order valence-corrected chi connectivity index (χ2v) is 13.1. The van der Waals surface area contributed by atoms with Crippen molar-refractivity contribution in [3.8, 4) is 0 Å². The van der Waals surface area contributed by atoms with E-state index in [1.54, 1.807) is 0 Å². The molecule has 0 amide bonds. The average molecular weight is 450 g/mol. The molecule has 0 radical (unpaired) electrons. The van der Waals surface area contributed by atoms with Crippen molar-refractivity contribution in [1.82, 2.24) is 0 Å². The Hall–Kier alpha value is -2.35. The maximum absolute atomic E-state index is 6.20. The van der Waals surface area contributed by atoms with Gasteiger partial charge in [-0.2, -0.15) is 0 Å². The molecule has 0 aromatic carbocycles. The van der Waals surface area contributed by atoms with Gasteiger partial charge in [0.05, 0.1) is 5.41 Å². The Balaban J connectivity index is 2.29. The first-order valence-corrected chi connectivity index (χ1v) is 12.0. The minimum atomic E-state index is -0.0438. The molecule has 1 aromatic heterocycles. The van der Waals surface area contributed by atoms with E-state index in [0.717, 1.165) is 23.0 Å². The summed E-state index contributed by atoms with van der Waals surface area (Å²) >= 11 is 0. The van der Waals surface area contributed by atoms with Crippen molar-refractivity contribution >= 4 is 6.08 Å². The molecule has 0 aliphatic carbocycles. The molecule has 0 unspecified atom stereocenters. The lowest BCUT2D eigenvalue weighted by Crippen LogP contribution is -2.18. The van der Waals surface area contributed by atoms with Crippen molar-refractivity contribution in [1.29, 1.82) is 0 Å². The predicted octanol–water partition coefficient (Wildman–Crippen LogP) is 9.54. The Morgan fingerprint density at radius 1 is 0.667 bits per heavy atom. The molecule has 1 aliphatic rings. The van der Waals surface area contributed by atoms with E-state index >= 15 is 0 Å². The van der Waals surface area contributed by atoms with Gasteiger partial charge in [-0.15, -0.1) is 0 Å². The monoisotopic (exact) mass is 449 g/mol. The van der Waals surface area contributed by atoms with Crippen LogP contribution in [0.4, 0.5) is 0 Å². The van der Waals surface area contributed by atoms with Gasteiger partial charge in [0.2, 0.25) is 0 Å². The fourth-order valence-electron chi connectivity index (χ4n) is 3.18. The summed E-state index contributed by atoms with van der Waals surface area (Å²) in [7, 11) is 0. The van der Waals surface area contributed by atoms with E-state index in [-0.39, 0.29) is 21.7 Å². The first-order valence-electron chi connectivity index (χ1n) is 12.0. The van der Waals surface area contributed by atoms with Crippen LogP contribution in [0, 0.1) is 10.8 Å². The van der Waals surface area contributed by atoms with E-state index in [2.05, 4.69) is 107 Å². The fourth-order valence-corrected chi connectivity index (χ4v) is 3.18. The normalized spacial score (nSPS) is 17.5. The highest BCUT2D eigenvalue weighted by Gasteiger charge is 2.30. The van der Waals surface area contributed by atoms with E-state index in [1.807, 2.05) is 30.4 Å². The molecule has 0 atom stereocenters. The Morgan fingerprint density at radius 2 is 1.30 bits per heavy atom. The topological polar surface area (TPSA) is 20.5 Å². The molecule has 0 fully saturated rings. The van der Waals surface area contributed by atoms with Crippen LogP contribution in [0.25, 0.3) is 6.08 Å². The van der Waals surface area contributed by atoms with Crippen molar-refractivity contribution in [2.75, 3.05) is 0 Å². The zero-order valence-electron chi connectivity index (χ0n) is 23.0. The highest BCUT2D eigenvalue weighted by atomic mass is 16.5. The van der Waals surface area contributed by atoms with Crippen LogP contribution >= 0.6 is 0 Å². The van der Waals surface area contributed by atoms with Crippen LogP contribution in [0.5, 0.6) is 0 Å². The molecule has 1 aliphatic heterocycles. The van der Waals surface area contributed by atoms with Crippen molar-refractivity contribution in [3.05, 3.63) is 82.8 Å². The first-order chi connectivity index (χ1) is 14.9. The minimum absolute atomic E-state index is 0.0438. The number of allylic oxidation sites excluding steroid dienone is 8. The lowest BCUT2D eigenvalue weighted by Gasteiger charge is -2.31. The third-order valence-corrected chi connectivity index (χ3v) is 5.58. The summed E-state index contributed by atoms with van der Waals surface area (Å²) < 4.78 is 12.4. The molecule has 0 saturated heterocycles. The number of hydrogen-bond donors (Lipinski definition) is 0. The molecule has 0 saturated carbocycles. The van der Waals surface area contributed by atoms with Crippen molar-refractivity contribution in [3.63, 3.8) is 0 Å². The zero-order chi connectivity index (χ0) is 25.2. The molecule has 180 valence electrons. The van der Waals surface area contributed by atoms with Crippen LogP contribution < -0.4 is 0 Å². The lowest BCUT2D eigenvalue weighted by molar-refractivity contribution is 0.220. The van der Waals surface area contributed by atoms with E-state index in [4.69, 9.17) is 9.15 Å². The summed E-state index contributed by atoms with van der Waals surface area (Å²) in [6.07, 6.45) is 14.4. The van der Waals surface area contributed by atoms with E-state index in [1.165, 1.54) is 11.1 Å². The zero-order valence-corrected chi connectivity index (χ0v) is 23.0. The summed E-state index contributed by atoms with van der Waals surface area (Å²) in [6, 6.07) is 4.33. The van der Waals surface area contributed by atoms with Gasteiger partial charge in [0, 0.05) is 23.6 Å². The summed E-state index contributed by atoms with van der Waals surface area (Å²) in [5.74, 6) is 3.73. The smallest absolute Gasteiger partial charge is 0.353 e. The second kappa shape index (κ2) is 9.49. The summed E-state index contributed by atoms with van der Waals surface area (Å²) in [4.78, 5) is 0. The van der Waals surface area contributed by atoms with Crippen molar-refractivity contribution in [2.45, 2.75) is 93.9 Å². The maximum atomic E-state index is 6.20. The molecule has 2 rings (SSSR count). The van der Waals surface area contributed by atoms with Gasteiger partial charge in [0.1, 0.15) is 11.5 Å². The molecule has 2 nitrogen and oxygen atoms in total. The van der Waals surface area contributed by atoms with Crippen molar-refractivity contribution < 1.29 is 9.15 Å². The van der Waals surface area contributed by atoms with E-state index in [0.29, 0.717) is 0 Å². The van der Waals surface area contributed by atoms with E-state index in [9.17, 15) is 0 Å². The SMILES string of the molecule is CC(C)(C)C1=C\C(=C/C=C/C=C/c2cc(C(C)(C)C)cc(C(C)(C)C)[o+]2)OC(C(C)(C)C)=C1. The van der Waals surface area contributed by atoms with Gasteiger partial charge < -0.3 is 4.74 Å². The van der Waals surface area contributed by atoms with Gasteiger partial charge in [0.15, 0.2) is 0 Å². The molecule has 0 N–H and O–H groups in total. The quantitative estimate of drug-likeness (QED) is 0.338. The number of rotatable bonds is 3. The van der Waals surface area contributed by atoms with E-state index < -0.39 is 0 Å². The highest BCUT2D eigenvalue weighted by Crippen LogP contribution is 2.38. The van der Waals surface area contributed by atoms with Crippen molar-refractivity contribution in [2.24, 2.45) is 10.8 Å². The minimum Gasteiger partial charge on any atom is -0.461 e. The van der Waals surface area contributed by atoms with Gasteiger partial charge in [-0.1, -0.05) is 80.5 Å². The molecular weight excluding hydrogens is 404 g/mol. The van der Waals surface area contributed by atoms with Crippen LogP contribution in [0.2, 0.25) is 0 Å². The molecule has 1 aromatic rings. The Kier molecular flexibility index (Phi) is 7.73. The van der Waals surface area contributed by atoms with Gasteiger partial charge >= 0.3 is 11.5 Å². The maximum Gasteiger partial charge on any atom is 0.353 e. The van der Waals surface area contributed by atoms with Gasteiger partial charge in [0.25, 0.3) is 0 Å². The van der Waals surface area contributed by atoms with Gasteiger partial charge in [-0.25, -0.2) is 4.42 Å². The third kappa shape index (κ3) is 7.88. The van der Waals surface area contributed by atoms with Crippen LogP contribution in [0.1, 0.15) is 100 Å². The Labute approximate surface area is 202 Å². The van der Waals surface area contributed by atoms with Crippen LogP contribution in [-0.2, 0) is 15.6 Å². The molecule has 0 spiro atoms. The molecular formula is C31H45O2+. The molecule has 33 heavy (non-hydrogen) atoms. The lowest BCUT2D eigenvalue weighted by atomic mass is 9.82. The summed E-state index contributed by atoms with van der Waals surface area (Å²) in [5, 5.41) is 0. The van der Waals surface area contributed by atoms with Gasteiger partial charge in [-0.05, 0) is 61.0 Å². The predicted molar refractivity (Wildman–Crippen MR) is 143 cm³/mol. The largest absolute Gasteiger partial charge is 0.461 e. The number of hydrogen-bond acceptors (Lipinski definition) is 1. The third-order valence-electron chi connectivity index (χ3n) is 5.58. The standard InChI is InChI=1S/C31H45O2/c1-28(2,3)22-18-24(32-26(20-22)30(7,8)9)16-14-13-15-17-25-19-23(29(4,5)6)21-27(33-25)31(10,11)12/h13-21H,1-12H3/q+1. The fraction of sp³-hybridized carbons (Fsp3) is 0.516. The average Bonchev–Trinajstić information content (AvgIpc) is 2.64. The first kappa shape index (κ1) is 26.9. The summed E-state index contributed by atoms with van der Waals surface area (Å²) in [5.41, 5.74) is 2.60. The highest BCUT2D eigenvalue weighted by molar-refractivity contribution is 5.48.